The monoisotopic (exact) mass is 470 g/mol. The number of halogens is 2. The van der Waals surface area contributed by atoms with Crippen molar-refractivity contribution in [3.05, 3.63) is 89.4 Å². The largest absolute Gasteiger partial charge is 0.399 e. The van der Waals surface area contributed by atoms with Crippen molar-refractivity contribution in [2.45, 2.75) is 18.9 Å². The van der Waals surface area contributed by atoms with E-state index in [1.54, 1.807) is 11.7 Å². The van der Waals surface area contributed by atoms with Crippen molar-refractivity contribution in [1.29, 1.82) is 0 Å². The van der Waals surface area contributed by atoms with Gasteiger partial charge in [-0.15, -0.1) is 0 Å². The number of rotatable bonds is 9. The summed E-state index contributed by atoms with van der Waals surface area (Å²) < 4.78 is 26.4. The van der Waals surface area contributed by atoms with E-state index in [1.807, 2.05) is 30.3 Å². The van der Waals surface area contributed by atoms with Crippen molar-refractivity contribution in [1.82, 2.24) is 20.8 Å². The number of nitrogens with zero attached hydrogens (tertiary/aromatic N) is 2. The fourth-order valence-corrected chi connectivity index (χ4v) is 3.31. The third kappa shape index (κ3) is 6.47. The topological polar surface area (TPSA) is 147 Å². The fraction of sp³-hybridized carbons (Fsp3) is 0.174. The van der Waals surface area contributed by atoms with Gasteiger partial charge in [0.2, 0.25) is 5.91 Å². The van der Waals surface area contributed by atoms with Gasteiger partial charge >= 0.3 is 0 Å². The third-order valence-corrected chi connectivity index (χ3v) is 5.04. The molecule has 2 aromatic carbocycles. The number of benzene rings is 2. The van der Waals surface area contributed by atoms with Crippen LogP contribution in [0.5, 0.6) is 0 Å². The number of nitrogens with one attached hydrogen (secondary N) is 2. The molecule has 1 aromatic heterocycles. The second-order valence-electron chi connectivity index (χ2n) is 7.60. The van der Waals surface area contributed by atoms with Crippen molar-refractivity contribution in [2.24, 2.45) is 11.6 Å². The number of fused-ring (bicyclic) bond motifs is 1. The zero-order valence-corrected chi connectivity index (χ0v) is 18.0. The summed E-state index contributed by atoms with van der Waals surface area (Å²) in [5.74, 6) is 2.62. The highest BCUT2D eigenvalue weighted by atomic mass is 19.2. The number of hydrazine groups is 1. The molecule has 3 aromatic rings. The predicted octanol–water partition coefficient (Wildman–Crippen LogP) is 1.73. The molecule has 7 N–H and O–H groups in total. The summed E-state index contributed by atoms with van der Waals surface area (Å²) in [5, 5.41) is 13.5. The Morgan fingerprint density at radius 3 is 2.65 bits per heavy atom. The van der Waals surface area contributed by atoms with Crippen molar-refractivity contribution in [2.75, 3.05) is 6.54 Å². The lowest BCUT2D eigenvalue weighted by Gasteiger charge is -2.26. The van der Waals surface area contributed by atoms with E-state index >= 15 is 0 Å². The average molecular weight is 470 g/mol. The number of carbonyl (C=O) groups is 2. The number of hydroxylamine groups is 1. The normalized spacial score (nSPS) is 12.3. The molecule has 0 saturated carbocycles. The summed E-state index contributed by atoms with van der Waals surface area (Å²) >= 11 is 0. The first-order valence-corrected chi connectivity index (χ1v) is 10.3. The molecule has 2 amide bonds. The Hall–Kier alpha value is -4.09. The highest BCUT2D eigenvalue weighted by Crippen LogP contribution is 2.16. The highest BCUT2D eigenvalue weighted by molar-refractivity contribution is 5.94. The lowest BCUT2D eigenvalue weighted by Crippen LogP contribution is -2.42. The summed E-state index contributed by atoms with van der Waals surface area (Å²) in [7, 11) is 0. The van der Waals surface area contributed by atoms with Gasteiger partial charge in [-0.3, -0.25) is 19.8 Å². The van der Waals surface area contributed by atoms with E-state index in [9.17, 15) is 18.4 Å². The molecule has 0 aliphatic rings. The SMILES string of the molecule is N/C(=C\N(N)C(CC(=O)NO)Cc1cnc2ccccc2c1)CNC(=O)c1ccc(F)c(F)c1. The number of para-hydroxylation sites is 1. The molecule has 0 aliphatic heterocycles. The molecular weight excluding hydrogens is 446 g/mol. The Balaban J connectivity index is 1.68. The Kier molecular flexibility index (Phi) is 8.06. The van der Waals surface area contributed by atoms with Crippen LogP contribution >= 0.6 is 0 Å². The maximum atomic E-state index is 13.3. The van der Waals surface area contributed by atoms with Crippen LogP contribution in [0.3, 0.4) is 0 Å². The van der Waals surface area contributed by atoms with E-state index in [-0.39, 0.29) is 24.2 Å². The van der Waals surface area contributed by atoms with E-state index in [0.717, 1.165) is 34.7 Å². The zero-order valence-electron chi connectivity index (χ0n) is 18.0. The molecule has 9 nitrogen and oxygen atoms in total. The van der Waals surface area contributed by atoms with E-state index in [2.05, 4.69) is 10.3 Å². The van der Waals surface area contributed by atoms with Gasteiger partial charge in [0.15, 0.2) is 11.6 Å². The molecule has 0 fully saturated rings. The molecule has 1 atom stereocenters. The molecule has 0 radical (unpaired) electrons. The number of aromatic nitrogens is 1. The van der Waals surface area contributed by atoms with Crippen LogP contribution in [-0.4, -0.2) is 39.6 Å². The summed E-state index contributed by atoms with van der Waals surface area (Å²) in [6.45, 7) is -0.137. The van der Waals surface area contributed by atoms with Gasteiger partial charge in [-0.05, 0) is 42.3 Å². The fourth-order valence-electron chi connectivity index (χ4n) is 3.31. The average Bonchev–Trinajstić information content (AvgIpc) is 2.83. The van der Waals surface area contributed by atoms with Gasteiger partial charge in [0, 0.05) is 29.0 Å². The van der Waals surface area contributed by atoms with Crippen LogP contribution in [0, 0.1) is 11.6 Å². The van der Waals surface area contributed by atoms with Crippen LogP contribution in [-0.2, 0) is 11.2 Å². The molecular formula is C23H24F2N6O3. The van der Waals surface area contributed by atoms with Crippen LogP contribution in [0.1, 0.15) is 22.3 Å². The van der Waals surface area contributed by atoms with Crippen LogP contribution in [0.4, 0.5) is 8.78 Å². The van der Waals surface area contributed by atoms with Gasteiger partial charge in [-0.1, -0.05) is 18.2 Å². The van der Waals surface area contributed by atoms with E-state index in [1.165, 1.54) is 11.2 Å². The third-order valence-electron chi connectivity index (χ3n) is 5.04. The van der Waals surface area contributed by atoms with Gasteiger partial charge in [0.25, 0.3) is 5.91 Å². The maximum Gasteiger partial charge on any atom is 0.251 e. The quantitative estimate of drug-likeness (QED) is 0.182. The molecule has 1 unspecified atom stereocenters. The van der Waals surface area contributed by atoms with Crippen LogP contribution in [0.15, 0.2) is 66.6 Å². The first kappa shape index (κ1) is 24.6. The molecule has 11 heteroatoms. The van der Waals surface area contributed by atoms with Crippen molar-refractivity contribution in [3.8, 4) is 0 Å². The molecule has 0 bridgehead atoms. The van der Waals surface area contributed by atoms with Crippen molar-refractivity contribution in [3.63, 3.8) is 0 Å². The van der Waals surface area contributed by atoms with Gasteiger partial charge < -0.3 is 16.1 Å². The highest BCUT2D eigenvalue weighted by Gasteiger charge is 2.19. The number of pyridine rings is 1. The lowest BCUT2D eigenvalue weighted by atomic mass is 10.0. The van der Waals surface area contributed by atoms with Crippen LogP contribution in [0.2, 0.25) is 0 Å². The summed E-state index contributed by atoms with van der Waals surface area (Å²) in [5.41, 5.74) is 9.24. The molecule has 178 valence electrons. The zero-order chi connectivity index (χ0) is 24.7. The van der Waals surface area contributed by atoms with E-state index in [4.69, 9.17) is 16.8 Å². The number of nitrogens with two attached hydrogens (primary N) is 2. The Morgan fingerprint density at radius 2 is 1.91 bits per heavy atom. The molecule has 0 aliphatic carbocycles. The van der Waals surface area contributed by atoms with E-state index in [0.29, 0.717) is 6.42 Å². The molecule has 0 saturated heterocycles. The van der Waals surface area contributed by atoms with Crippen molar-refractivity contribution >= 4 is 22.7 Å². The second kappa shape index (κ2) is 11.2. The van der Waals surface area contributed by atoms with Crippen molar-refractivity contribution < 1.29 is 23.6 Å². The standard InChI is InChI=1S/C23H24F2N6O3/c24-19-6-5-16(9-20(19)25)23(33)29-12-17(26)13-31(27)18(10-22(32)30-34)8-14-7-15-3-1-2-4-21(15)28-11-14/h1-7,9,11,13,18,34H,8,10,12,26-27H2,(H,29,33)(H,30,32)/b17-13-. The lowest BCUT2D eigenvalue weighted by molar-refractivity contribution is -0.130. The summed E-state index contributed by atoms with van der Waals surface area (Å²) in [4.78, 5) is 28.4. The number of hydrogen-bond acceptors (Lipinski definition) is 7. The molecule has 3 rings (SSSR count). The Labute approximate surface area is 194 Å². The summed E-state index contributed by atoms with van der Waals surface area (Å²) in [6, 6.07) is 11.7. The first-order chi connectivity index (χ1) is 16.3. The number of hydrogen-bond donors (Lipinski definition) is 5. The van der Waals surface area contributed by atoms with E-state index < -0.39 is 29.5 Å². The minimum atomic E-state index is -1.14. The second-order valence-corrected chi connectivity index (χ2v) is 7.60. The van der Waals surface area contributed by atoms with Gasteiger partial charge in [0.05, 0.1) is 24.5 Å². The molecule has 1 heterocycles. The first-order valence-electron chi connectivity index (χ1n) is 10.3. The van der Waals surface area contributed by atoms with Gasteiger partial charge in [-0.2, -0.15) is 0 Å². The number of carbonyl (C=O) groups excluding carboxylic acids is 2. The van der Waals surface area contributed by atoms with Crippen LogP contribution in [0.25, 0.3) is 10.9 Å². The number of amides is 2. The Morgan fingerprint density at radius 1 is 1.15 bits per heavy atom. The predicted molar refractivity (Wildman–Crippen MR) is 121 cm³/mol. The smallest absolute Gasteiger partial charge is 0.251 e. The summed E-state index contributed by atoms with van der Waals surface area (Å²) in [6.07, 6.45) is 3.18. The minimum absolute atomic E-state index is 0.0717. The van der Waals surface area contributed by atoms with Gasteiger partial charge in [0.1, 0.15) is 0 Å². The molecule has 0 spiro atoms. The van der Waals surface area contributed by atoms with Crippen LogP contribution < -0.4 is 22.4 Å². The Bertz CT molecular complexity index is 1220. The maximum absolute atomic E-state index is 13.3. The van der Waals surface area contributed by atoms with Gasteiger partial charge in [-0.25, -0.2) is 20.1 Å². The molecule has 34 heavy (non-hydrogen) atoms. The minimum Gasteiger partial charge on any atom is -0.399 e.